The highest BCUT2D eigenvalue weighted by Gasteiger charge is 2.20. The summed E-state index contributed by atoms with van der Waals surface area (Å²) in [5.41, 5.74) is 3.46. The molecule has 31 heavy (non-hydrogen) atoms. The number of esters is 1. The van der Waals surface area contributed by atoms with Crippen molar-refractivity contribution in [3.8, 4) is 10.6 Å². The van der Waals surface area contributed by atoms with Gasteiger partial charge in [0, 0.05) is 28.9 Å². The first-order chi connectivity index (χ1) is 15.1. The number of carbonyl (C=O) groups is 2. The third-order valence-corrected chi connectivity index (χ3v) is 7.12. The Kier molecular flexibility index (Phi) is 7.04. The zero-order valence-electron chi connectivity index (χ0n) is 17.4. The lowest BCUT2D eigenvalue weighted by molar-refractivity contribution is -0.127. The van der Waals surface area contributed by atoms with E-state index in [1.807, 2.05) is 34.5 Å². The average Bonchev–Trinajstić information content (AvgIpc) is 3.49. The Morgan fingerprint density at radius 2 is 1.84 bits per heavy atom. The number of aryl methyl sites for hydroxylation is 1. The van der Waals surface area contributed by atoms with E-state index in [0.29, 0.717) is 11.3 Å². The highest BCUT2D eigenvalue weighted by atomic mass is 32.2. The minimum absolute atomic E-state index is 0.118. The van der Waals surface area contributed by atoms with Crippen molar-refractivity contribution in [3.05, 3.63) is 70.7 Å². The monoisotopic (exact) mass is 452 g/mol. The number of likely N-dealkylation sites (tertiary alicyclic amines) is 1. The first-order valence-corrected chi connectivity index (χ1v) is 12.1. The molecule has 0 aliphatic carbocycles. The first kappa shape index (κ1) is 21.6. The van der Waals surface area contributed by atoms with Gasteiger partial charge in [-0.3, -0.25) is 4.79 Å². The molecule has 0 saturated carbocycles. The third-order valence-electron chi connectivity index (χ3n) is 5.12. The molecule has 7 heteroatoms. The second-order valence-corrected chi connectivity index (χ2v) is 9.33. The number of thioether (sulfide) groups is 1. The van der Waals surface area contributed by atoms with Crippen LogP contribution in [0.5, 0.6) is 0 Å². The number of hydrogen-bond acceptors (Lipinski definition) is 6. The van der Waals surface area contributed by atoms with Gasteiger partial charge >= 0.3 is 5.97 Å². The summed E-state index contributed by atoms with van der Waals surface area (Å²) >= 11 is 2.92. The Hall–Kier alpha value is -2.64. The van der Waals surface area contributed by atoms with Crippen LogP contribution in [0.3, 0.4) is 0 Å². The van der Waals surface area contributed by atoms with Gasteiger partial charge < -0.3 is 9.64 Å². The molecule has 0 unspecified atom stereocenters. The van der Waals surface area contributed by atoms with Gasteiger partial charge in [-0.1, -0.05) is 42.0 Å². The van der Waals surface area contributed by atoms with Gasteiger partial charge in [0.05, 0.1) is 17.0 Å². The van der Waals surface area contributed by atoms with E-state index in [2.05, 4.69) is 24.0 Å². The molecule has 0 N–H and O–H groups in total. The van der Waals surface area contributed by atoms with Crippen molar-refractivity contribution in [2.24, 2.45) is 0 Å². The fourth-order valence-electron chi connectivity index (χ4n) is 3.38. The van der Waals surface area contributed by atoms with E-state index >= 15 is 0 Å². The van der Waals surface area contributed by atoms with E-state index in [4.69, 9.17) is 4.74 Å². The number of carbonyl (C=O) groups excluding carboxylic acids is 2. The van der Waals surface area contributed by atoms with Crippen LogP contribution in [0.1, 0.15) is 34.5 Å². The molecule has 0 bridgehead atoms. The normalized spacial score (nSPS) is 13.4. The number of benzene rings is 2. The van der Waals surface area contributed by atoms with Crippen molar-refractivity contribution >= 4 is 35.0 Å². The number of aromatic nitrogens is 1. The van der Waals surface area contributed by atoms with Crippen molar-refractivity contribution in [2.75, 3.05) is 18.8 Å². The maximum atomic E-state index is 12.7. The molecule has 2 aromatic carbocycles. The minimum atomic E-state index is -0.401. The number of nitrogens with zero attached hydrogens (tertiary/aromatic N) is 2. The lowest BCUT2D eigenvalue weighted by Crippen LogP contribution is -2.29. The second-order valence-electron chi connectivity index (χ2n) is 7.46. The number of hydrogen-bond donors (Lipinski definition) is 0. The Bertz CT molecular complexity index is 1060. The standard InChI is InChI=1S/C24H24N2O3S2/c1-17-8-10-18(11-9-17)23-25-19(15-31-23)14-29-24(28)20-6-2-3-7-21(20)30-16-22(27)26-12-4-5-13-26/h2-3,6-11,15H,4-5,12-14,16H2,1H3. The van der Waals surface area contributed by atoms with Crippen LogP contribution in [0.25, 0.3) is 10.6 Å². The SMILES string of the molecule is Cc1ccc(-c2nc(COC(=O)c3ccccc3SCC(=O)N3CCCC3)cs2)cc1. The molecule has 0 radical (unpaired) electrons. The highest BCUT2D eigenvalue weighted by Crippen LogP contribution is 2.26. The Labute approximate surface area is 190 Å². The molecular formula is C24H24N2O3S2. The van der Waals surface area contributed by atoms with Crippen molar-refractivity contribution in [1.82, 2.24) is 9.88 Å². The fourth-order valence-corrected chi connectivity index (χ4v) is 5.13. The summed E-state index contributed by atoms with van der Waals surface area (Å²) in [6, 6.07) is 15.5. The summed E-state index contributed by atoms with van der Waals surface area (Å²) < 4.78 is 5.53. The highest BCUT2D eigenvalue weighted by molar-refractivity contribution is 8.00. The molecule has 1 aromatic heterocycles. The minimum Gasteiger partial charge on any atom is -0.456 e. The average molecular weight is 453 g/mol. The van der Waals surface area contributed by atoms with Crippen molar-refractivity contribution < 1.29 is 14.3 Å². The number of rotatable bonds is 7. The lowest BCUT2D eigenvalue weighted by Gasteiger charge is -2.15. The van der Waals surface area contributed by atoms with Gasteiger partial charge in [-0.25, -0.2) is 9.78 Å². The van der Waals surface area contributed by atoms with Crippen LogP contribution in [-0.4, -0.2) is 40.6 Å². The van der Waals surface area contributed by atoms with Crippen molar-refractivity contribution in [3.63, 3.8) is 0 Å². The van der Waals surface area contributed by atoms with Crippen LogP contribution in [0.15, 0.2) is 58.8 Å². The van der Waals surface area contributed by atoms with E-state index < -0.39 is 5.97 Å². The topological polar surface area (TPSA) is 59.5 Å². The maximum absolute atomic E-state index is 12.7. The molecule has 1 aliphatic rings. The number of amides is 1. The van der Waals surface area contributed by atoms with Crippen LogP contribution in [0.2, 0.25) is 0 Å². The Morgan fingerprint density at radius 3 is 2.61 bits per heavy atom. The van der Waals surface area contributed by atoms with Crippen LogP contribution < -0.4 is 0 Å². The van der Waals surface area contributed by atoms with Crippen LogP contribution in [0, 0.1) is 6.92 Å². The number of ether oxygens (including phenoxy) is 1. The summed E-state index contributed by atoms with van der Waals surface area (Å²) in [6.45, 7) is 3.84. The quantitative estimate of drug-likeness (QED) is 0.365. The maximum Gasteiger partial charge on any atom is 0.339 e. The predicted molar refractivity (Wildman–Crippen MR) is 124 cm³/mol. The van der Waals surface area contributed by atoms with E-state index in [1.54, 1.807) is 12.1 Å². The molecule has 1 saturated heterocycles. The summed E-state index contributed by atoms with van der Waals surface area (Å²) in [7, 11) is 0. The Balaban J connectivity index is 1.35. The summed E-state index contributed by atoms with van der Waals surface area (Å²) in [4.78, 5) is 32.3. The van der Waals surface area contributed by atoms with Gasteiger partial charge in [-0.15, -0.1) is 23.1 Å². The lowest BCUT2D eigenvalue weighted by atomic mass is 10.2. The molecule has 1 fully saturated rings. The van der Waals surface area contributed by atoms with Gasteiger partial charge in [-0.2, -0.15) is 0 Å². The van der Waals surface area contributed by atoms with E-state index in [-0.39, 0.29) is 12.5 Å². The predicted octanol–water partition coefficient (Wildman–Crippen LogP) is 5.19. The molecule has 1 aliphatic heterocycles. The third kappa shape index (κ3) is 5.54. The van der Waals surface area contributed by atoms with Crippen molar-refractivity contribution in [2.45, 2.75) is 31.3 Å². The van der Waals surface area contributed by atoms with Crippen LogP contribution in [0.4, 0.5) is 0 Å². The van der Waals surface area contributed by atoms with E-state index in [9.17, 15) is 9.59 Å². The van der Waals surface area contributed by atoms with Gasteiger partial charge in [0.1, 0.15) is 11.6 Å². The molecular weight excluding hydrogens is 428 g/mol. The van der Waals surface area contributed by atoms with Crippen LogP contribution in [-0.2, 0) is 16.1 Å². The molecule has 4 rings (SSSR count). The largest absolute Gasteiger partial charge is 0.456 e. The van der Waals surface area contributed by atoms with E-state index in [1.165, 1.54) is 28.7 Å². The first-order valence-electron chi connectivity index (χ1n) is 10.3. The van der Waals surface area contributed by atoms with Crippen LogP contribution >= 0.6 is 23.1 Å². The van der Waals surface area contributed by atoms with E-state index in [0.717, 1.165) is 47.1 Å². The summed E-state index contributed by atoms with van der Waals surface area (Å²) in [5.74, 6) is 0.0504. The molecule has 1 amide bonds. The zero-order valence-corrected chi connectivity index (χ0v) is 19.0. The number of thiazole rings is 1. The van der Waals surface area contributed by atoms with Gasteiger partial charge in [0.15, 0.2) is 0 Å². The molecule has 2 heterocycles. The molecule has 5 nitrogen and oxygen atoms in total. The molecule has 0 spiro atoms. The summed E-state index contributed by atoms with van der Waals surface area (Å²) in [6.07, 6.45) is 2.14. The van der Waals surface area contributed by atoms with Crippen molar-refractivity contribution in [1.29, 1.82) is 0 Å². The fraction of sp³-hybridized carbons (Fsp3) is 0.292. The van der Waals surface area contributed by atoms with Gasteiger partial charge in [-0.05, 0) is 31.9 Å². The molecule has 3 aromatic rings. The molecule has 0 atom stereocenters. The van der Waals surface area contributed by atoms with Gasteiger partial charge in [0.2, 0.25) is 5.91 Å². The Morgan fingerprint density at radius 1 is 1.10 bits per heavy atom. The van der Waals surface area contributed by atoms with Gasteiger partial charge in [0.25, 0.3) is 0 Å². The smallest absolute Gasteiger partial charge is 0.339 e. The second kappa shape index (κ2) is 10.1. The summed E-state index contributed by atoms with van der Waals surface area (Å²) in [5, 5.41) is 2.82. The molecule has 160 valence electrons. The zero-order chi connectivity index (χ0) is 21.6.